The average Bonchev–Trinajstić information content (AvgIpc) is 3.06. The number of nitrogens with one attached hydrogen (secondary N) is 1. The molecule has 3 aromatic carbocycles. The molecule has 0 saturated heterocycles. The number of nitrogens with zero attached hydrogens (tertiary/aromatic N) is 1. The van der Waals surface area contributed by atoms with Crippen LogP contribution in [0.15, 0.2) is 91.1 Å². The first-order valence-corrected chi connectivity index (χ1v) is 8.41. The fourth-order valence-electron chi connectivity index (χ4n) is 3.37. The number of pyridine rings is 1. The van der Waals surface area contributed by atoms with E-state index in [0.717, 1.165) is 22.1 Å². The predicted molar refractivity (Wildman–Crippen MR) is 104 cm³/mol. The molecular formula is C23H16N2. The Kier molecular flexibility index (Phi) is 3.14. The van der Waals surface area contributed by atoms with Gasteiger partial charge in [0.15, 0.2) is 0 Å². The van der Waals surface area contributed by atoms with Gasteiger partial charge < -0.3 is 4.98 Å². The van der Waals surface area contributed by atoms with E-state index < -0.39 is 0 Å². The molecule has 0 radical (unpaired) electrons. The molecule has 0 aliphatic heterocycles. The largest absolute Gasteiger partial charge is 0.339 e. The summed E-state index contributed by atoms with van der Waals surface area (Å²) in [4.78, 5) is 8.07. The smallest absolute Gasteiger partial charge is 0.138 e. The van der Waals surface area contributed by atoms with E-state index in [1.54, 1.807) is 0 Å². The molecule has 0 unspecified atom stereocenters. The summed E-state index contributed by atoms with van der Waals surface area (Å²) in [5.74, 6) is 0. The second-order valence-electron chi connectivity index (χ2n) is 6.24. The number of hydrogen-bond donors (Lipinski definition) is 1. The van der Waals surface area contributed by atoms with Crippen LogP contribution in [0.4, 0.5) is 0 Å². The quantitative estimate of drug-likeness (QED) is 0.421. The van der Waals surface area contributed by atoms with Gasteiger partial charge in [0.05, 0.1) is 0 Å². The SMILES string of the molecule is c1ccc(-c2ccc3[nH]c4ncc(-c5ccccc5)cc4c3c2)cc1. The number of fused-ring (bicyclic) bond motifs is 3. The molecule has 2 heterocycles. The van der Waals surface area contributed by atoms with Crippen molar-refractivity contribution in [3.8, 4) is 22.3 Å². The van der Waals surface area contributed by atoms with Crippen molar-refractivity contribution in [3.05, 3.63) is 91.1 Å². The Balaban J connectivity index is 1.73. The van der Waals surface area contributed by atoms with Crippen LogP contribution in [0.5, 0.6) is 0 Å². The van der Waals surface area contributed by atoms with Crippen LogP contribution in [0.25, 0.3) is 44.2 Å². The maximum atomic E-state index is 4.64. The molecule has 0 aliphatic carbocycles. The summed E-state index contributed by atoms with van der Waals surface area (Å²) in [6.07, 6.45) is 1.94. The van der Waals surface area contributed by atoms with Gasteiger partial charge in [0, 0.05) is 28.0 Å². The lowest BCUT2D eigenvalue weighted by Crippen LogP contribution is -1.81. The van der Waals surface area contributed by atoms with Gasteiger partial charge in [-0.25, -0.2) is 4.98 Å². The van der Waals surface area contributed by atoms with Gasteiger partial charge >= 0.3 is 0 Å². The molecule has 118 valence electrons. The van der Waals surface area contributed by atoms with Gasteiger partial charge in [-0.2, -0.15) is 0 Å². The van der Waals surface area contributed by atoms with Gasteiger partial charge in [0.25, 0.3) is 0 Å². The second-order valence-corrected chi connectivity index (χ2v) is 6.24. The monoisotopic (exact) mass is 320 g/mol. The van der Waals surface area contributed by atoms with Gasteiger partial charge in [0.1, 0.15) is 5.65 Å². The lowest BCUT2D eigenvalue weighted by Gasteiger charge is -2.03. The van der Waals surface area contributed by atoms with E-state index in [1.807, 2.05) is 18.3 Å². The maximum Gasteiger partial charge on any atom is 0.138 e. The Bertz CT molecular complexity index is 1080. The van der Waals surface area contributed by atoms with Crippen LogP contribution in [0.1, 0.15) is 0 Å². The van der Waals surface area contributed by atoms with Crippen LogP contribution in [0, 0.1) is 0 Å². The third-order valence-corrected chi connectivity index (χ3v) is 4.66. The zero-order valence-corrected chi connectivity index (χ0v) is 13.6. The van der Waals surface area contributed by atoms with Gasteiger partial charge in [-0.1, -0.05) is 66.7 Å². The summed E-state index contributed by atoms with van der Waals surface area (Å²) in [7, 11) is 0. The van der Waals surface area contributed by atoms with E-state index >= 15 is 0 Å². The van der Waals surface area contributed by atoms with E-state index in [9.17, 15) is 0 Å². The van der Waals surface area contributed by atoms with Crippen molar-refractivity contribution in [3.63, 3.8) is 0 Å². The predicted octanol–water partition coefficient (Wildman–Crippen LogP) is 6.05. The minimum absolute atomic E-state index is 0.930. The Morgan fingerprint density at radius 1 is 0.560 bits per heavy atom. The molecule has 5 aromatic rings. The third kappa shape index (κ3) is 2.39. The molecule has 0 spiro atoms. The first-order valence-electron chi connectivity index (χ1n) is 8.41. The van der Waals surface area contributed by atoms with Crippen molar-refractivity contribution in [1.82, 2.24) is 9.97 Å². The van der Waals surface area contributed by atoms with E-state index in [4.69, 9.17) is 0 Å². The molecular weight excluding hydrogens is 304 g/mol. The summed E-state index contributed by atoms with van der Waals surface area (Å²) >= 11 is 0. The number of rotatable bonds is 2. The summed E-state index contributed by atoms with van der Waals surface area (Å²) in [5, 5.41) is 2.37. The second kappa shape index (κ2) is 5.60. The van der Waals surface area contributed by atoms with Crippen LogP contribution in [-0.4, -0.2) is 9.97 Å². The molecule has 1 N–H and O–H groups in total. The summed E-state index contributed by atoms with van der Waals surface area (Å²) in [6, 6.07) is 29.6. The van der Waals surface area contributed by atoms with E-state index in [0.29, 0.717) is 0 Å². The maximum absolute atomic E-state index is 4.64. The highest BCUT2D eigenvalue weighted by Gasteiger charge is 2.09. The van der Waals surface area contributed by atoms with E-state index in [2.05, 4.69) is 82.8 Å². The van der Waals surface area contributed by atoms with Crippen molar-refractivity contribution in [2.45, 2.75) is 0 Å². The van der Waals surface area contributed by atoms with Crippen molar-refractivity contribution >= 4 is 21.9 Å². The topological polar surface area (TPSA) is 28.7 Å². The molecule has 2 nitrogen and oxygen atoms in total. The minimum Gasteiger partial charge on any atom is -0.339 e. The third-order valence-electron chi connectivity index (χ3n) is 4.66. The first kappa shape index (κ1) is 14.0. The Hall–Kier alpha value is -3.39. The normalized spacial score (nSPS) is 11.2. The zero-order valence-electron chi connectivity index (χ0n) is 13.6. The van der Waals surface area contributed by atoms with Gasteiger partial charge in [0.2, 0.25) is 0 Å². The lowest BCUT2D eigenvalue weighted by molar-refractivity contribution is 1.35. The van der Waals surface area contributed by atoms with Crippen molar-refractivity contribution < 1.29 is 0 Å². The number of benzene rings is 3. The molecule has 0 atom stereocenters. The number of aromatic nitrogens is 2. The fraction of sp³-hybridized carbons (Fsp3) is 0. The Morgan fingerprint density at radius 2 is 1.20 bits per heavy atom. The Morgan fingerprint density at radius 3 is 1.92 bits per heavy atom. The minimum atomic E-state index is 0.930. The highest BCUT2D eigenvalue weighted by Crippen LogP contribution is 2.31. The molecule has 25 heavy (non-hydrogen) atoms. The first-order chi connectivity index (χ1) is 12.4. The highest BCUT2D eigenvalue weighted by molar-refractivity contribution is 6.08. The summed E-state index contributed by atoms with van der Waals surface area (Å²) < 4.78 is 0. The van der Waals surface area contributed by atoms with E-state index in [-0.39, 0.29) is 0 Å². The average molecular weight is 320 g/mol. The summed E-state index contributed by atoms with van der Waals surface area (Å²) in [6.45, 7) is 0. The highest BCUT2D eigenvalue weighted by atomic mass is 14.8. The van der Waals surface area contributed by atoms with Crippen LogP contribution >= 0.6 is 0 Å². The fourth-order valence-corrected chi connectivity index (χ4v) is 3.37. The molecule has 0 bridgehead atoms. The van der Waals surface area contributed by atoms with Gasteiger partial charge in [-0.15, -0.1) is 0 Å². The molecule has 2 heteroatoms. The standard InChI is InChI=1S/C23H16N2/c1-3-7-16(8-4-1)18-11-12-22-20(13-18)21-14-19(15-24-23(21)25-22)17-9-5-2-6-10-17/h1-15H,(H,24,25). The van der Waals surface area contributed by atoms with Gasteiger partial charge in [-0.3, -0.25) is 0 Å². The number of aromatic amines is 1. The van der Waals surface area contributed by atoms with Crippen LogP contribution < -0.4 is 0 Å². The molecule has 5 rings (SSSR count). The van der Waals surface area contributed by atoms with Crippen LogP contribution in [-0.2, 0) is 0 Å². The van der Waals surface area contributed by atoms with Crippen LogP contribution in [0.2, 0.25) is 0 Å². The molecule has 2 aromatic heterocycles. The molecule has 0 amide bonds. The number of hydrogen-bond acceptors (Lipinski definition) is 1. The lowest BCUT2D eigenvalue weighted by atomic mass is 10.0. The summed E-state index contributed by atoms with van der Waals surface area (Å²) in [5.41, 5.74) is 6.82. The molecule has 0 saturated carbocycles. The molecule has 0 aliphatic rings. The molecule has 0 fully saturated rings. The zero-order chi connectivity index (χ0) is 16.6. The van der Waals surface area contributed by atoms with Gasteiger partial charge in [-0.05, 0) is 34.9 Å². The Labute approximate surface area is 145 Å². The van der Waals surface area contributed by atoms with Crippen LogP contribution in [0.3, 0.4) is 0 Å². The number of H-pyrrole nitrogens is 1. The van der Waals surface area contributed by atoms with E-state index in [1.165, 1.54) is 22.1 Å². The van der Waals surface area contributed by atoms with Crippen molar-refractivity contribution in [1.29, 1.82) is 0 Å². The van der Waals surface area contributed by atoms with Crippen molar-refractivity contribution in [2.75, 3.05) is 0 Å². The van der Waals surface area contributed by atoms with Crippen molar-refractivity contribution in [2.24, 2.45) is 0 Å².